The molecular formula is C13H17N3S. The second-order valence-electron chi connectivity index (χ2n) is 4.04. The van der Waals surface area contributed by atoms with Crippen molar-refractivity contribution < 1.29 is 0 Å². The predicted octanol–water partition coefficient (Wildman–Crippen LogP) is 3.18. The summed E-state index contributed by atoms with van der Waals surface area (Å²) in [6.45, 7) is 6.25. The monoisotopic (exact) mass is 247 g/mol. The fraction of sp³-hybridized carbons (Fsp3) is 0.308. The molecule has 0 amide bonds. The lowest BCUT2D eigenvalue weighted by atomic mass is 10.1. The third-order valence-corrected chi connectivity index (χ3v) is 3.38. The number of anilines is 1. The van der Waals surface area contributed by atoms with Crippen LogP contribution in [0.3, 0.4) is 0 Å². The first-order valence-corrected chi connectivity index (χ1v) is 6.66. The average molecular weight is 247 g/mol. The molecule has 0 spiro atoms. The van der Waals surface area contributed by atoms with E-state index in [-0.39, 0.29) is 0 Å². The van der Waals surface area contributed by atoms with Gasteiger partial charge in [0.2, 0.25) is 0 Å². The largest absolute Gasteiger partial charge is 0.384 e. The van der Waals surface area contributed by atoms with E-state index in [4.69, 9.17) is 5.73 Å². The summed E-state index contributed by atoms with van der Waals surface area (Å²) in [5, 5.41) is 5.50. The van der Waals surface area contributed by atoms with E-state index in [2.05, 4.69) is 44.1 Å². The lowest BCUT2D eigenvalue weighted by molar-refractivity contribution is 0.838. The van der Waals surface area contributed by atoms with Crippen molar-refractivity contribution in [1.82, 2.24) is 9.78 Å². The fourth-order valence-corrected chi connectivity index (χ4v) is 2.37. The van der Waals surface area contributed by atoms with E-state index in [1.807, 2.05) is 10.7 Å². The van der Waals surface area contributed by atoms with Gasteiger partial charge >= 0.3 is 0 Å². The summed E-state index contributed by atoms with van der Waals surface area (Å²) in [6.07, 6.45) is 0. The first-order valence-electron chi connectivity index (χ1n) is 5.67. The van der Waals surface area contributed by atoms with Gasteiger partial charge < -0.3 is 5.73 Å². The van der Waals surface area contributed by atoms with E-state index in [0.717, 1.165) is 16.5 Å². The molecule has 0 fully saturated rings. The highest BCUT2D eigenvalue weighted by Gasteiger charge is 2.09. The molecule has 0 bridgehead atoms. The Balaban J connectivity index is 2.48. The molecule has 2 N–H and O–H groups in total. The van der Waals surface area contributed by atoms with E-state index in [1.54, 1.807) is 11.8 Å². The van der Waals surface area contributed by atoms with Crippen molar-refractivity contribution in [2.45, 2.75) is 25.8 Å². The predicted molar refractivity (Wildman–Crippen MR) is 73.8 cm³/mol. The van der Waals surface area contributed by atoms with Gasteiger partial charge in [0.1, 0.15) is 10.8 Å². The molecule has 0 unspecified atom stereocenters. The molecule has 1 aromatic heterocycles. The highest BCUT2D eigenvalue weighted by atomic mass is 32.2. The molecule has 0 aliphatic rings. The second kappa shape index (κ2) is 4.84. The summed E-state index contributed by atoms with van der Waals surface area (Å²) in [5.41, 5.74) is 9.46. The van der Waals surface area contributed by atoms with Gasteiger partial charge in [0, 0.05) is 6.07 Å². The molecule has 0 saturated heterocycles. The zero-order valence-electron chi connectivity index (χ0n) is 10.4. The van der Waals surface area contributed by atoms with Crippen molar-refractivity contribution in [3.8, 4) is 5.69 Å². The lowest BCUT2D eigenvalue weighted by Crippen LogP contribution is -2.03. The number of aryl methyl sites for hydroxylation is 2. The molecular weight excluding hydrogens is 230 g/mol. The Labute approximate surface area is 106 Å². The molecule has 90 valence electrons. The number of nitrogens with zero attached hydrogens (tertiary/aromatic N) is 2. The maximum Gasteiger partial charge on any atom is 0.128 e. The van der Waals surface area contributed by atoms with E-state index >= 15 is 0 Å². The van der Waals surface area contributed by atoms with Crippen molar-refractivity contribution in [3.05, 3.63) is 35.4 Å². The Bertz CT molecular complexity index is 531. The van der Waals surface area contributed by atoms with Crippen molar-refractivity contribution in [1.29, 1.82) is 0 Å². The smallest absolute Gasteiger partial charge is 0.128 e. The van der Waals surface area contributed by atoms with Gasteiger partial charge in [0.05, 0.1) is 5.69 Å². The molecule has 0 atom stereocenters. The Morgan fingerprint density at radius 2 is 2.06 bits per heavy atom. The Morgan fingerprint density at radius 3 is 2.76 bits per heavy atom. The Morgan fingerprint density at radius 1 is 1.29 bits per heavy atom. The van der Waals surface area contributed by atoms with Crippen LogP contribution in [0.1, 0.15) is 18.1 Å². The zero-order chi connectivity index (χ0) is 12.4. The minimum Gasteiger partial charge on any atom is -0.384 e. The van der Waals surface area contributed by atoms with Crippen molar-refractivity contribution >= 4 is 17.6 Å². The molecule has 17 heavy (non-hydrogen) atoms. The van der Waals surface area contributed by atoms with Crippen LogP contribution in [-0.4, -0.2) is 15.5 Å². The van der Waals surface area contributed by atoms with Gasteiger partial charge in [0.25, 0.3) is 0 Å². The van der Waals surface area contributed by atoms with Crippen molar-refractivity contribution in [2.24, 2.45) is 0 Å². The van der Waals surface area contributed by atoms with Crippen LogP contribution < -0.4 is 5.73 Å². The van der Waals surface area contributed by atoms with E-state index in [1.165, 1.54) is 11.1 Å². The number of benzene rings is 1. The molecule has 1 heterocycles. The van der Waals surface area contributed by atoms with Gasteiger partial charge in [-0.1, -0.05) is 19.1 Å². The number of nitrogen functional groups attached to an aromatic ring is 1. The highest BCUT2D eigenvalue weighted by Crippen LogP contribution is 2.24. The SMILES string of the molecule is CCSc1cc(N)n(-c2cc(C)ccc2C)n1. The molecule has 1 aromatic carbocycles. The summed E-state index contributed by atoms with van der Waals surface area (Å²) >= 11 is 1.70. The summed E-state index contributed by atoms with van der Waals surface area (Å²) in [7, 11) is 0. The van der Waals surface area contributed by atoms with Crippen LogP contribution in [-0.2, 0) is 0 Å². The van der Waals surface area contributed by atoms with Crippen LogP contribution >= 0.6 is 11.8 Å². The topological polar surface area (TPSA) is 43.8 Å². The third-order valence-electron chi connectivity index (χ3n) is 2.60. The number of hydrogen-bond donors (Lipinski definition) is 1. The lowest BCUT2D eigenvalue weighted by Gasteiger charge is -2.08. The standard InChI is InChI=1S/C13H17N3S/c1-4-17-13-8-12(14)16(15-13)11-7-9(2)5-6-10(11)3/h5-8H,4,14H2,1-3H3. The molecule has 3 nitrogen and oxygen atoms in total. The average Bonchev–Trinajstić information content (AvgIpc) is 2.64. The number of thioether (sulfide) groups is 1. The summed E-state index contributed by atoms with van der Waals surface area (Å²) in [5.74, 6) is 1.69. The van der Waals surface area contributed by atoms with Crippen LogP contribution in [0.5, 0.6) is 0 Å². The zero-order valence-corrected chi connectivity index (χ0v) is 11.2. The third kappa shape index (κ3) is 2.47. The maximum absolute atomic E-state index is 6.01. The summed E-state index contributed by atoms with van der Waals surface area (Å²) in [6, 6.07) is 8.23. The van der Waals surface area contributed by atoms with Gasteiger partial charge in [-0.05, 0) is 36.8 Å². The first kappa shape index (κ1) is 12.0. The van der Waals surface area contributed by atoms with Crippen LogP contribution in [0.25, 0.3) is 5.69 Å². The number of aromatic nitrogens is 2. The normalized spacial score (nSPS) is 10.8. The molecule has 0 aliphatic carbocycles. The molecule has 2 aromatic rings. The van der Waals surface area contributed by atoms with Gasteiger partial charge in [-0.3, -0.25) is 0 Å². The molecule has 0 radical (unpaired) electrons. The van der Waals surface area contributed by atoms with Crippen LogP contribution in [0.4, 0.5) is 5.82 Å². The van der Waals surface area contributed by atoms with Gasteiger partial charge in [0.15, 0.2) is 0 Å². The summed E-state index contributed by atoms with van der Waals surface area (Å²) in [4.78, 5) is 0. The van der Waals surface area contributed by atoms with E-state index in [0.29, 0.717) is 5.82 Å². The van der Waals surface area contributed by atoms with Crippen molar-refractivity contribution in [2.75, 3.05) is 11.5 Å². The minimum absolute atomic E-state index is 0.689. The van der Waals surface area contributed by atoms with E-state index < -0.39 is 0 Å². The first-order chi connectivity index (χ1) is 8.11. The number of nitrogens with two attached hydrogens (primary N) is 1. The summed E-state index contributed by atoms with van der Waals surface area (Å²) < 4.78 is 1.82. The highest BCUT2D eigenvalue weighted by molar-refractivity contribution is 7.99. The second-order valence-corrected chi connectivity index (χ2v) is 5.33. The van der Waals surface area contributed by atoms with Crippen molar-refractivity contribution in [3.63, 3.8) is 0 Å². The maximum atomic E-state index is 6.01. The van der Waals surface area contributed by atoms with Gasteiger partial charge in [-0.15, -0.1) is 11.8 Å². The molecule has 4 heteroatoms. The van der Waals surface area contributed by atoms with Crippen LogP contribution in [0.2, 0.25) is 0 Å². The Hall–Kier alpha value is -1.42. The molecule has 2 rings (SSSR count). The minimum atomic E-state index is 0.689. The molecule has 0 saturated carbocycles. The quantitative estimate of drug-likeness (QED) is 0.847. The van der Waals surface area contributed by atoms with Crippen LogP contribution in [0.15, 0.2) is 29.3 Å². The van der Waals surface area contributed by atoms with Gasteiger partial charge in [-0.2, -0.15) is 5.10 Å². The van der Waals surface area contributed by atoms with Gasteiger partial charge in [-0.25, -0.2) is 4.68 Å². The fourth-order valence-electron chi connectivity index (χ4n) is 1.73. The van der Waals surface area contributed by atoms with E-state index in [9.17, 15) is 0 Å². The Kier molecular flexibility index (Phi) is 3.43. The molecule has 0 aliphatic heterocycles. The number of hydrogen-bond acceptors (Lipinski definition) is 3. The van der Waals surface area contributed by atoms with Crippen LogP contribution in [0, 0.1) is 13.8 Å². The number of rotatable bonds is 3.